The number of para-hydroxylation sites is 1. The number of benzene rings is 1. The van der Waals surface area contributed by atoms with Crippen LogP contribution in [0.2, 0.25) is 0 Å². The quantitative estimate of drug-likeness (QED) is 0.792. The molecule has 0 aliphatic heterocycles. The van der Waals surface area contributed by atoms with Crippen molar-refractivity contribution in [3.8, 4) is 0 Å². The van der Waals surface area contributed by atoms with E-state index in [0.29, 0.717) is 12.1 Å². The number of carbonyl (C=O) groups is 1. The van der Waals surface area contributed by atoms with Gasteiger partial charge in [-0.3, -0.25) is 9.59 Å². The van der Waals surface area contributed by atoms with E-state index in [9.17, 15) is 9.59 Å². The van der Waals surface area contributed by atoms with Crippen LogP contribution in [0.1, 0.15) is 13.3 Å². The Kier molecular flexibility index (Phi) is 3.66. The van der Waals surface area contributed by atoms with Gasteiger partial charge in [0.25, 0.3) is 5.56 Å². The number of hydrogen-bond acceptors (Lipinski definition) is 3. The van der Waals surface area contributed by atoms with Gasteiger partial charge in [-0.1, -0.05) is 25.1 Å². The van der Waals surface area contributed by atoms with E-state index in [-0.39, 0.29) is 18.0 Å². The lowest BCUT2D eigenvalue weighted by Crippen LogP contribution is -2.34. The summed E-state index contributed by atoms with van der Waals surface area (Å²) in [5.41, 5.74) is 1.30. The minimum absolute atomic E-state index is 0.0592. The molecule has 2 heterocycles. The van der Waals surface area contributed by atoms with Crippen molar-refractivity contribution in [2.45, 2.75) is 19.9 Å². The van der Waals surface area contributed by atoms with Crippen LogP contribution in [0.15, 0.2) is 35.3 Å². The van der Waals surface area contributed by atoms with Gasteiger partial charge in [-0.2, -0.15) is 5.10 Å². The third-order valence-electron chi connectivity index (χ3n) is 3.77. The number of rotatable bonds is 4. The maximum atomic E-state index is 12.6. The topological polar surface area (TPSA) is 68.9 Å². The summed E-state index contributed by atoms with van der Waals surface area (Å²) in [6.45, 7) is 2.52. The number of fused-ring (bicyclic) bond motifs is 3. The summed E-state index contributed by atoms with van der Waals surface area (Å²) in [6.07, 6.45) is 2.52. The molecular weight excluding hydrogens is 280 g/mol. The third-order valence-corrected chi connectivity index (χ3v) is 3.77. The molecule has 0 aliphatic rings. The highest BCUT2D eigenvalue weighted by Crippen LogP contribution is 2.24. The first-order chi connectivity index (χ1) is 10.6. The number of nitrogens with zero attached hydrogens (tertiary/aromatic N) is 3. The van der Waals surface area contributed by atoms with Crippen LogP contribution >= 0.6 is 0 Å². The molecule has 6 nitrogen and oxygen atoms in total. The molecule has 0 atom stereocenters. The van der Waals surface area contributed by atoms with Crippen molar-refractivity contribution in [2.75, 3.05) is 6.54 Å². The summed E-state index contributed by atoms with van der Waals surface area (Å²) in [6, 6.07) is 7.81. The van der Waals surface area contributed by atoms with Crippen LogP contribution in [0.25, 0.3) is 21.8 Å². The maximum Gasteiger partial charge on any atom is 0.291 e. The molecule has 22 heavy (non-hydrogen) atoms. The van der Waals surface area contributed by atoms with Gasteiger partial charge in [0.15, 0.2) is 0 Å². The molecule has 0 radical (unpaired) electrons. The summed E-state index contributed by atoms with van der Waals surface area (Å²) in [4.78, 5) is 24.4. The van der Waals surface area contributed by atoms with Crippen LogP contribution in [-0.2, 0) is 18.4 Å². The van der Waals surface area contributed by atoms with Gasteiger partial charge in [0.1, 0.15) is 12.1 Å². The summed E-state index contributed by atoms with van der Waals surface area (Å²) < 4.78 is 3.07. The van der Waals surface area contributed by atoms with Crippen molar-refractivity contribution in [3.63, 3.8) is 0 Å². The Bertz CT molecular complexity index is 908. The fourth-order valence-corrected chi connectivity index (χ4v) is 2.68. The van der Waals surface area contributed by atoms with E-state index in [1.165, 1.54) is 4.68 Å². The largest absolute Gasteiger partial charge is 0.355 e. The standard InChI is InChI=1S/C16H18N4O2/c1-3-8-17-14(21)10-20-16(22)15-12(9-18-20)11-6-4-5-7-13(11)19(15)2/h4-7,9H,3,8,10H2,1-2H3,(H,17,21). The van der Waals surface area contributed by atoms with Crippen LogP contribution in [0.5, 0.6) is 0 Å². The lowest BCUT2D eigenvalue weighted by molar-refractivity contribution is -0.121. The molecule has 1 amide bonds. The van der Waals surface area contributed by atoms with Gasteiger partial charge in [-0.25, -0.2) is 4.68 Å². The average molecular weight is 298 g/mol. The molecule has 0 aliphatic carbocycles. The number of carbonyl (C=O) groups excluding carboxylic acids is 1. The van der Waals surface area contributed by atoms with Crippen molar-refractivity contribution in [3.05, 3.63) is 40.8 Å². The molecule has 0 saturated heterocycles. The average Bonchev–Trinajstić information content (AvgIpc) is 2.82. The van der Waals surface area contributed by atoms with E-state index in [0.717, 1.165) is 22.7 Å². The fraction of sp³-hybridized carbons (Fsp3) is 0.312. The number of aromatic nitrogens is 3. The van der Waals surface area contributed by atoms with E-state index in [1.807, 2.05) is 42.8 Å². The predicted molar refractivity (Wildman–Crippen MR) is 85.8 cm³/mol. The lowest BCUT2D eigenvalue weighted by Gasteiger charge is -2.06. The van der Waals surface area contributed by atoms with Crippen molar-refractivity contribution in [2.24, 2.45) is 7.05 Å². The predicted octanol–water partition coefficient (Wildman–Crippen LogP) is 1.41. The summed E-state index contributed by atoms with van der Waals surface area (Å²) in [5.74, 6) is -0.199. The molecule has 114 valence electrons. The molecule has 1 N–H and O–H groups in total. The van der Waals surface area contributed by atoms with Crippen molar-refractivity contribution < 1.29 is 4.79 Å². The molecular formula is C16H18N4O2. The summed E-state index contributed by atoms with van der Waals surface area (Å²) in [5, 5.41) is 8.71. The Morgan fingerprint density at radius 2 is 2.05 bits per heavy atom. The normalized spacial score (nSPS) is 11.2. The Morgan fingerprint density at radius 1 is 1.27 bits per heavy atom. The zero-order valence-corrected chi connectivity index (χ0v) is 12.7. The highest BCUT2D eigenvalue weighted by molar-refractivity contribution is 6.07. The molecule has 6 heteroatoms. The second-order valence-electron chi connectivity index (χ2n) is 5.30. The number of nitrogens with one attached hydrogen (secondary N) is 1. The van der Waals surface area contributed by atoms with Crippen molar-refractivity contribution in [1.29, 1.82) is 0 Å². The Balaban J connectivity index is 2.10. The minimum Gasteiger partial charge on any atom is -0.355 e. The molecule has 0 bridgehead atoms. The zero-order chi connectivity index (χ0) is 15.7. The van der Waals surface area contributed by atoms with Crippen LogP contribution in [0.4, 0.5) is 0 Å². The maximum absolute atomic E-state index is 12.6. The Hall–Kier alpha value is -2.63. The first kappa shape index (κ1) is 14.3. The highest BCUT2D eigenvalue weighted by Gasteiger charge is 2.14. The molecule has 0 fully saturated rings. The minimum atomic E-state index is -0.247. The van der Waals surface area contributed by atoms with Gasteiger partial charge in [-0.05, 0) is 12.5 Å². The van der Waals surface area contributed by atoms with Gasteiger partial charge >= 0.3 is 0 Å². The van der Waals surface area contributed by atoms with Crippen molar-refractivity contribution >= 4 is 27.7 Å². The van der Waals surface area contributed by atoms with Gasteiger partial charge in [0.05, 0.1) is 6.20 Å². The molecule has 2 aromatic heterocycles. The van der Waals surface area contributed by atoms with E-state index in [2.05, 4.69) is 10.4 Å². The van der Waals surface area contributed by atoms with Gasteiger partial charge in [-0.15, -0.1) is 0 Å². The molecule has 1 aromatic carbocycles. The lowest BCUT2D eigenvalue weighted by atomic mass is 10.2. The van der Waals surface area contributed by atoms with E-state index < -0.39 is 0 Å². The number of hydrogen-bond donors (Lipinski definition) is 1. The molecule has 0 spiro atoms. The van der Waals surface area contributed by atoms with E-state index >= 15 is 0 Å². The van der Waals surface area contributed by atoms with Crippen LogP contribution in [-0.4, -0.2) is 26.8 Å². The first-order valence-corrected chi connectivity index (χ1v) is 7.33. The van der Waals surface area contributed by atoms with Gasteiger partial charge in [0, 0.05) is 29.9 Å². The van der Waals surface area contributed by atoms with E-state index in [1.54, 1.807) is 6.20 Å². The van der Waals surface area contributed by atoms with Crippen LogP contribution in [0.3, 0.4) is 0 Å². The first-order valence-electron chi connectivity index (χ1n) is 7.33. The molecule has 0 saturated carbocycles. The van der Waals surface area contributed by atoms with Gasteiger partial charge < -0.3 is 9.88 Å². The molecule has 3 rings (SSSR count). The molecule has 0 unspecified atom stereocenters. The van der Waals surface area contributed by atoms with Crippen LogP contribution < -0.4 is 10.9 Å². The highest BCUT2D eigenvalue weighted by atomic mass is 16.2. The monoisotopic (exact) mass is 298 g/mol. The second kappa shape index (κ2) is 5.63. The Labute approximate surface area is 127 Å². The summed E-state index contributed by atoms with van der Waals surface area (Å²) in [7, 11) is 1.85. The summed E-state index contributed by atoms with van der Waals surface area (Å²) >= 11 is 0. The fourth-order valence-electron chi connectivity index (χ4n) is 2.68. The zero-order valence-electron chi connectivity index (χ0n) is 12.7. The van der Waals surface area contributed by atoms with Crippen LogP contribution in [0, 0.1) is 0 Å². The third kappa shape index (κ3) is 2.26. The van der Waals surface area contributed by atoms with Crippen molar-refractivity contribution in [1.82, 2.24) is 19.7 Å². The van der Waals surface area contributed by atoms with Gasteiger partial charge in [0.2, 0.25) is 5.91 Å². The number of aryl methyl sites for hydroxylation is 1. The number of amides is 1. The van der Waals surface area contributed by atoms with E-state index in [4.69, 9.17) is 0 Å². The second-order valence-corrected chi connectivity index (χ2v) is 5.30. The SMILES string of the molecule is CCCNC(=O)Cn1ncc2c3ccccc3n(C)c2c1=O. The Morgan fingerprint density at radius 3 is 2.82 bits per heavy atom. The molecule has 3 aromatic rings. The smallest absolute Gasteiger partial charge is 0.291 e.